The van der Waals surface area contributed by atoms with Crippen molar-refractivity contribution in [3.8, 4) is 0 Å². The number of nitrogens with one attached hydrogen (secondary N) is 1. The van der Waals surface area contributed by atoms with Crippen molar-refractivity contribution in [3.05, 3.63) is 109 Å². The average Bonchev–Trinajstić information content (AvgIpc) is 3.24. The van der Waals surface area contributed by atoms with E-state index in [1.165, 1.54) is 57.8 Å². The Morgan fingerprint density at radius 2 is 0.968 bits per heavy atom. The predicted octanol–water partition coefficient (Wildman–Crippen LogP) is 14.5. The molecule has 3 N–H and O–H groups in total. The van der Waals surface area contributed by atoms with Gasteiger partial charge < -0.3 is 19.8 Å². The summed E-state index contributed by atoms with van der Waals surface area (Å²) >= 11 is 0. The maximum Gasteiger partial charge on any atom is 0.472 e. The topological polar surface area (TPSA) is 105 Å². The van der Waals surface area contributed by atoms with E-state index in [4.69, 9.17) is 9.05 Å². The Hall–Kier alpha value is -2.84. The second kappa shape index (κ2) is 44.4. The third-order valence-electron chi connectivity index (χ3n) is 10.2. The number of carbonyl (C=O) groups excluding carboxylic acids is 1. The van der Waals surface area contributed by atoms with Crippen molar-refractivity contribution in [2.45, 2.75) is 187 Å². The smallest absolute Gasteiger partial charge is 0.387 e. The van der Waals surface area contributed by atoms with Gasteiger partial charge in [-0.3, -0.25) is 13.8 Å². The predicted molar refractivity (Wildman–Crippen MR) is 272 cm³/mol. The molecular formula is C54H94N2O6P+. The number of carbonyl (C=O) groups is 1. The molecule has 0 aromatic rings. The van der Waals surface area contributed by atoms with Gasteiger partial charge in [0.15, 0.2) is 0 Å². The number of hydrogen-bond acceptors (Lipinski definition) is 5. The monoisotopic (exact) mass is 898 g/mol. The molecule has 3 atom stereocenters. The lowest BCUT2D eigenvalue weighted by atomic mass is 10.1. The van der Waals surface area contributed by atoms with Crippen LogP contribution in [0.15, 0.2) is 109 Å². The number of aliphatic hydroxyl groups excluding tert-OH is 1. The van der Waals surface area contributed by atoms with Crippen molar-refractivity contribution >= 4 is 13.7 Å². The second-order valence-electron chi connectivity index (χ2n) is 17.4. The molecule has 3 unspecified atom stereocenters. The van der Waals surface area contributed by atoms with Gasteiger partial charge >= 0.3 is 7.82 Å². The summed E-state index contributed by atoms with van der Waals surface area (Å²) in [6.07, 6.45) is 64.5. The van der Waals surface area contributed by atoms with Crippen molar-refractivity contribution in [3.63, 3.8) is 0 Å². The van der Waals surface area contributed by atoms with E-state index in [0.717, 1.165) is 96.3 Å². The summed E-state index contributed by atoms with van der Waals surface area (Å²) in [6, 6.07) is -0.891. The molecule has 63 heavy (non-hydrogen) atoms. The SMILES string of the molecule is CC/C=C\C/C=C\C/C=C\C/C=C\C/C=C\C/C=C\CCCCCCC(=O)NC(COP(=O)(O)OCC[N+](C)(C)C)C(O)/C=C/CC/C=C/CC/C=C/CCCCCCCCCC. The molecule has 360 valence electrons. The molecule has 9 heteroatoms. The highest BCUT2D eigenvalue weighted by Crippen LogP contribution is 2.43. The zero-order valence-electron chi connectivity index (χ0n) is 40.8. The van der Waals surface area contributed by atoms with Crippen LogP contribution in [0.3, 0.4) is 0 Å². The average molecular weight is 898 g/mol. The van der Waals surface area contributed by atoms with E-state index in [1.807, 2.05) is 27.2 Å². The maximum atomic E-state index is 12.9. The largest absolute Gasteiger partial charge is 0.472 e. The van der Waals surface area contributed by atoms with Gasteiger partial charge in [0, 0.05) is 6.42 Å². The van der Waals surface area contributed by atoms with Gasteiger partial charge in [-0.05, 0) is 96.3 Å². The van der Waals surface area contributed by atoms with E-state index in [2.05, 4.69) is 116 Å². The fourth-order valence-electron chi connectivity index (χ4n) is 6.31. The van der Waals surface area contributed by atoms with Gasteiger partial charge in [-0.25, -0.2) is 4.57 Å². The Balaban J connectivity index is 4.50. The van der Waals surface area contributed by atoms with Gasteiger partial charge in [0.1, 0.15) is 13.2 Å². The van der Waals surface area contributed by atoms with Crippen LogP contribution in [-0.4, -0.2) is 73.4 Å². The molecule has 0 bridgehead atoms. The van der Waals surface area contributed by atoms with Gasteiger partial charge in [-0.15, -0.1) is 0 Å². The Morgan fingerprint density at radius 3 is 1.46 bits per heavy atom. The lowest BCUT2D eigenvalue weighted by molar-refractivity contribution is -0.870. The number of allylic oxidation sites excluding steroid dienone is 17. The Kier molecular flexibility index (Phi) is 42.4. The minimum Gasteiger partial charge on any atom is -0.387 e. The number of likely N-dealkylation sites (N-methyl/N-ethyl adjacent to an activating group) is 1. The Morgan fingerprint density at radius 1 is 0.556 bits per heavy atom. The van der Waals surface area contributed by atoms with Crippen LogP contribution >= 0.6 is 7.82 Å². The number of amides is 1. The van der Waals surface area contributed by atoms with E-state index < -0.39 is 20.0 Å². The number of quaternary nitrogens is 1. The fraction of sp³-hybridized carbons (Fsp3) is 0.648. The number of unbranched alkanes of at least 4 members (excludes halogenated alkanes) is 14. The normalized spacial score (nSPS) is 15.1. The van der Waals surface area contributed by atoms with Crippen molar-refractivity contribution in [2.24, 2.45) is 0 Å². The quantitative estimate of drug-likeness (QED) is 0.0244. The van der Waals surface area contributed by atoms with Gasteiger partial charge in [-0.1, -0.05) is 181 Å². The molecule has 0 rings (SSSR count). The van der Waals surface area contributed by atoms with E-state index in [-0.39, 0.29) is 19.1 Å². The number of phosphoric acid groups is 1. The van der Waals surface area contributed by atoms with E-state index in [9.17, 15) is 19.4 Å². The fourth-order valence-corrected chi connectivity index (χ4v) is 7.05. The van der Waals surface area contributed by atoms with E-state index in [0.29, 0.717) is 17.4 Å². The Labute approximate surface area is 387 Å². The lowest BCUT2D eigenvalue weighted by Gasteiger charge is -2.25. The summed E-state index contributed by atoms with van der Waals surface area (Å²) in [5.74, 6) is -0.221. The molecule has 1 amide bonds. The van der Waals surface area contributed by atoms with Gasteiger partial charge in [0.05, 0.1) is 39.9 Å². The molecule has 0 aliphatic carbocycles. The minimum absolute atomic E-state index is 0.0416. The summed E-state index contributed by atoms with van der Waals surface area (Å²) in [6.45, 7) is 4.62. The second-order valence-corrected chi connectivity index (χ2v) is 18.9. The van der Waals surface area contributed by atoms with Crippen molar-refractivity contribution in [1.82, 2.24) is 5.32 Å². The van der Waals surface area contributed by atoms with Crippen molar-refractivity contribution in [1.29, 1.82) is 0 Å². The zero-order chi connectivity index (χ0) is 46.4. The van der Waals surface area contributed by atoms with Crippen molar-refractivity contribution in [2.75, 3.05) is 40.9 Å². The van der Waals surface area contributed by atoms with Crippen LogP contribution in [0.4, 0.5) is 0 Å². The number of hydrogen-bond donors (Lipinski definition) is 3. The first-order chi connectivity index (χ1) is 30.5. The van der Waals surface area contributed by atoms with Gasteiger partial charge in [0.25, 0.3) is 0 Å². The van der Waals surface area contributed by atoms with Crippen LogP contribution in [-0.2, 0) is 18.4 Å². The molecule has 0 saturated heterocycles. The summed E-state index contributed by atoms with van der Waals surface area (Å²) < 4.78 is 23.6. The molecule has 0 aromatic heterocycles. The van der Waals surface area contributed by atoms with Crippen LogP contribution in [0.1, 0.15) is 174 Å². The van der Waals surface area contributed by atoms with E-state index >= 15 is 0 Å². The van der Waals surface area contributed by atoms with Crippen LogP contribution in [0, 0.1) is 0 Å². The van der Waals surface area contributed by atoms with Crippen LogP contribution in [0.2, 0.25) is 0 Å². The first-order valence-electron chi connectivity index (χ1n) is 24.8. The first-order valence-corrected chi connectivity index (χ1v) is 26.3. The third kappa shape index (κ3) is 47.0. The highest BCUT2D eigenvalue weighted by molar-refractivity contribution is 7.47. The summed E-state index contributed by atoms with van der Waals surface area (Å²) in [5, 5.41) is 13.8. The molecule has 0 radical (unpaired) electrons. The van der Waals surface area contributed by atoms with Crippen LogP contribution < -0.4 is 5.32 Å². The molecule has 0 aromatic carbocycles. The van der Waals surface area contributed by atoms with Crippen LogP contribution in [0.25, 0.3) is 0 Å². The molecular weight excluding hydrogens is 804 g/mol. The molecule has 0 heterocycles. The standard InChI is InChI=1S/C54H93N2O6P/c1-6-8-10-12-14-16-18-20-22-24-26-27-28-29-30-32-34-36-38-40-42-44-46-48-54(58)55-52(51-62-63(59,60)61-50-49-56(3,4)5)53(57)47-45-43-41-39-37-35-33-31-25-23-21-19-17-15-13-11-9-7-2/h8,10,14,16,20,22,25-27,29-31,34,36-37,39,45,47,52-53,57H,6-7,9,11-13,15,17-19,21,23-24,28,32-33,35,38,40-44,46,48-51H2,1-5H3,(H-,55,58,59,60)/p+1/b10-8-,16-14-,22-20-,27-26-,30-29-,31-25+,36-34-,39-37+,47-45+. The highest BCUT2D eigenvalue weighted by Gasteiger charge is 2.27. The highest BCUT2D eigenvalue weighted by atomic mass is 31.2. The molecule has 8 nitrogen and oxygen atoms in total. The maximum absolute atomic E-state index is 12.9. The molecule has 0 aliphatic rings. The summed E-state index contributed by atoms with van der Waals surface area (Å²) in [5.41, 5.74) is 0. The number of nitrogens with zero attached hydrogens (tertiary/aromatic N) is 1. The first kappa shape index (κ1) is 60.2. The van der Waals surface area contributed by atoms with Gasteiger partial charge in [-0.2, -0.15) is 0 Å². The van der Waals surface area contributed by atoms with Crippen LogP contribution in [0.5, 0.6) is 0 Å². The summed E-state index contributed by atoms with van der Waals surface area (Å²) in [7, 11) is 1.51. The summed E-state index contributed by atoms with van der Waals surface area (Å²) in [4.78, 5) is 23.2. The minimum atomic E-state index is -4.37. The lowest BCUT2D eigenvalue weighted by Crippen LogP contribution is -2.45. The third-order valence-corrected chi connectivity index (χ3v) is 11.2. The van der Waals surface area contributed by atoms with Gasteiger partial charge in [0.2, 0.25) is 5.91 Å². The van der Waals surface area contributed by atoms with E-state index in [1.54, 1.807) is 6.08 Å². The Bertz CT molecular complexity index is 1390. The molecule has 0 spiro atoms. The zero-order valence-corrected chi connectivity index (χ0v) is 41.7. The van der Waals surface area contributed by atoms with Crippen molar-refractivity contribution < 1.29 is 32.9 Å². The number of aliphatic hydroxyl groups is 1. The molecule has 0 aliphatic heterocycles. The number of rotatable bonds is 43. The molecule has 0 saturated carbocycles. The number of phosphoric ester groups is 1. The molecule has 0 fully saturated rings.